The van der Waals surface area contributed by atoms with Gasteiger partial charge in [-0.1, -0.05) is 47.9 Å². The van der Waals surface area contributed by atoms with Gasteiger partial charge in [0, 0.05) is 11.1 Å². The van der Waals surface area contributed by atoms with Crippen molar-refractivity contribution in [2.24, 2.45) is 0 Å². The lowest BCUT2D eigenvalue weighted by Gasteiger charge is -2.32. The molecule has 0 bridgehead atoms. The summed E-state index contributed by atoms with van der Waals surface area (Å²) < 4.78 is 6.12. The Hall–Kier alpha value is -2.81. The molecule has 0 aliphatic carbocycles. The second kappa shape index (κ2) is 4.36. The van der Waals surface area contributed by atoms with Gasteiger partial charge in [-0.2, -0.15) is 0 Å². The summed E-state index contributed by atoms with van der Waals surface area (Å²) in [7, 11) is 0. The third-order valence-electron chi connectivity index (χ3n) is 4.79. The molecular formula is C20H13BO2. The summed E-state index contributed by atoms with van der Waals surface area (Å²) in [4.78, 5) is 13.0. The fourth-order valence-electron chi connectivity index (χ4n) is 3.84. The molecule has 3 aromatic carbocycles. The molecule has 0 unspecified atom stereocenters. The summed E-state index contributed by atoms with van der Waals surface area (Å²) in [5, 5.41) is 0. The first-order valence-electron chi connectivity index (χ1n) is 7.79. The molecule has 0 aromatic heterocycles. The van der Waals surface area contributed by atoms with Gasteiger partial charge in [-0.15, -0.1) is 0 Å². The van der Waals surface area contributed by atoms with Crippen molar-refractivity contribution in [3.8, 4) is 11.5 Å². The highest BCUT2D eigenvalue weighted by Crippen LogP contribution is 2.30. The molecule has 108 valence electrons. The lowest BCUT2D eigenvalue weighted by molar-refractivity contribution is 0.104. The molecule has 0 saturated heterocycles. The highest BCUT2D eigenvalue weighted by Gasteiger charge is 2.41. The number of fused-ring (bicyclic) bond motifs is 4. The molecule has 5 rings (SSSR count). The minimum atomic E-state index is 0.0689. The molecule has 2 heterocycles. The Morgan fingerprint density at radius 1 is 0.826 bits per heavy atom. The van der Waals surface area contributed by atoms with Gasteiger partial charge in [0.25, 0.3) is 6.71 Å². The van der Waals surface area contributed by atoms with Gasteiger partial charge in [-0.05, 0) is 41.6 Å². The Kier molecular flexibility index (Phi) is 2.41. The highest BCUT2D eigenvalue weighted by atomic mass is 16.5. The van der Waals surface area contributed by atoms with Gasteiger partial charge in [0.2, 0.25) is 0 Å². The zero-order valence-corrected chi connectivity index (χ0v) is 12.7. The Morgan fingerprint density at radius 3 is 2.43 bits per heavy atom. The zero-order chi connectivity index (χ0) is 15.6. The lowest BCUT2D eigenvalue weighted by atomic mass is 9.32. The van der Waals surface area contributed by atoms with Crippen molar-refractivity contribution >= 4 is 28.9 Å². The number of ether oxygens (including phenoxy) is 1. The molecule has 0 spiro atoms. The number of benzene rings is 3. The number of para-hydroxylation sites is 1. The predicted molar refractivity (Wildman–Crippen MR) is 92.2 cm³/mol. The summed E-state index contributed by atoms with van der Waals surface area (Å²) in [6.45, 7) is 2.07. The van der Waals surface area contributed by atoms with Crippen molar-refractivity contribution in [2.45, 2.75) is 6.92 Å². The van der Waals surface area contributed by atoms with E-state index in [0.717, 1.165) is 44.6 Å². The van der Waals surface area contributed by atoms with E-state index in [-0.39, 0.29) is 12.5 Å². The van der Waals surface area contributed by atoms with E-state index in [1.807, 2.05) is 55.5 Å². The van der Waals surface area contributed by atoms with Gasteiger partial charge in [0.15, 0.2) is 5.78 Å². The third-order valence-corrected chi connectivity index (χ3v) is 4.79. The average molecular weight is 296 g/mol. The number of carbonyl (C=O) groups is 1. The molecule has 0 N–H and O–H groups in total. The van der Waals surface area contributed by atoms with Crippen LogP contribution in [0.5, 0.6) is 11.5 Å². The van der Waals surface area contributed by atoms with Crippen LogP contribution in [0.3, 0.4) is 0 Å². The van der Waals surface area contributed by atoms with E-state index in [9.17, 15) is 4.79 Å². The SMILES string of the molecule is Cc1cc2c3c(c1)C(=O)c1ccccc1B3c1ccccc1O2. The van der Waals surface area contributed by atoms with Gasteiger partial charge in [0.05, 0.1) is 0 Å². The standard InChI is InChI=1S/C20H13BO2/c1-12-10-14-19-18(11-12)23-17-9-5-4-8-16(17)21(19)15-7-3-2-6-13(15)20(14)22/h2-11H,1H3. The topological polar surface area (TPSA) is 26.3 Å². The Labute approximate surface area is 134 Å². The molecule has 3 aromatic rings. The number of ketones is 1. The van der Waals surface area contributed by atoms with Crippen LogP contribution in [0.4, 0.5) is 0 Å². The van der Waals surface area contributed by atoms with Crippen LogP contribution in [0, 0.1) is 6.92 Å². The molecule has 0 saturated carbocycles. The van der Waals surface area contributed by atoms with E-state index in [0.29, 0.717) is 0 Å². The van der Waals surface area contributed by atoms with E-state index >= 15 is 0 Å². The Morgan fingerprint density at radius 2 is 1.57 bits per heavy atom. The third kappa shape index (κ3) is 1.62. The van der Waals surface area contributed by atoms with Crippen LogP contribution in [0.1, 0.15) is 21.5 Å². The van der Waals surface area contributed by atoms with Crippen molar-refractivity contribution in [3.05, 3.63) is 77.4 Å². The summed E-state index contributed by atoms with van der Waals surface area (Å²) in [6, 6.07) is 20.1. The minimum absolute atomic E-state index is 0.0689. The molecular weight excluding hydrogens is 283 g/mol. The molecule has 3 heteroatoms. The van der Waals surface area contributed by atoms with Crippen molar-refractivity contribution in [2.75, 3.05) is 0 Å². The first-order chi connectivity index (χ1) is 11.2. The van der Waals surface area contributed by atoms with Crippen molar-refractivity contribution in [3.63, 3.8) is 0 Å². The van der Waals surface area contributed by atoms with Gasteiger partial charge >= 0.3 is 0 Å². The maximum Gasteiger partial charge on any atom is 0.252 e. The normalized spacial score (nSPS) is 13.8. The minimum Gasteiger partial charge on any atom is -0.458 e. The molecule has 0 radical (unpaired) electrons. The van der Waals surface area contributed by atoms with Gasteiger partial charge < -0.3 is 4.74 Å². The number of hydrogen-bond donors (Lipinski definition) is 0. The van der Waals surface area contributed by atoms with E-state index in [1.165, 1.54) is 0 Å². The van der Waals surface area contributed by atoms with Crippen LogP contribution < -0.4 is 21.1 Å². The Bertz CT molecular complexity index is 991. The second-order valence-electron chi connectivity index (χ2n) is 6.21. The number of hydrogen-bond acceptors (Lipinski definition) is 2. The van der Waals surface area contributed by atoms with Crippen LogP contribution in [-0.4, -0.2) is 12.5 Å². The van der Waals surface area contributed by atoms with E-state index in [4.69, 9.17) is 4.74 Å². The van der Waals surface area contributed by atoms with E-state index < -0.39 is 0 Å². The summed E-state index contributed by atoms with van der Waals surface area (Å²) in [5.74, 6) is 1.79. The molecule has 0 fully saturated rings. The molecule has 2 nitrogen and oxygen atoms in total. The Balaban J connectivity index is 1.92. The fourth-order valence-corrected chi connectivity index (χ4v) is 3.84. The van der Waals surface area contributed by atoms with Crippen molar-refractivity contribution < 1.29 is 9.53 Å². The quantitative estimate of drug-likeness (QED) is 0.409. The first-order valence-corrected chi connectivity index (χ1v) is 7.79. The molecule has 2 aliphatic heterocycles. The maximum atomic E-state index is 13.0. The molecule has 0 atom stereocenters. The lowest BCUT2D eigenvalue weighted by Crippen LogP contribution is -2.60. The van der Waals surface area contributed by atoms with E-state index in [1.54, 1.807) is 0 Å². The van der Waals surface area contributed by atoms with Crippen molar-refractivity contribution in [1.29, 1.82) is 0 Å². The van der Waals surface area contributed by atoms with Gasteiger partial charge in [-0.25, -0.2) is 0 Å². The maximum absolute atomic E-state index is 13.0. The fraction of sp³-hybridized carbons (Fsp3) is 0.0500. The summed E-state index contributed by atoms with van der Waals surface area (Å²) in [5.41, 5.74) is 5.84. The van der Waals surface area contributed by atoms with Crippen LogP contribution >= 0.6 is 0 Å². The monoisotopic (exact) mass is 296 g/mol. The number of aryl methyl sites for hydroxylation is 1. The second-order valence-corrected chi connectivity index (χ2v) is 6.21. The average Bonchev–Trinajstić information content (AvgIpc) is 2.58. The number of carbonyl (C=O) groups excluding carboxylic acids is 1. The van der Waals surface area contributed by atoms with Crippen LogP contribution in [0.25, 0.3) is 0 Å². The highest BCUT2D eigenvalue weighted by molar-refractivity contribution is 6.99. The molecule has 23 heavy (non-hydrogen) atoms. The van der Waals surface area contributed by atoms with Crippen LogP contribution in [0.2, 0.25) is 0 Å². The summed E-state index contributed by atoms with van der Waals surface area (Å²) in [6.07, 6.45) is 0. The van der Waals surface area contributed by atoms with Crippen LogP contribution in [0.15, 0.2) is 60.7 Å². The largest absolute Gasteiger partial charge is 0.458 e. The molecule has 2 aliphatic rings. The van der Waals surface area contributed by atoms with Gasteiger partial charge in [0.1, 0.15) is 11.5 Å². The number of rotatable bonds is 0. The van der Waals surface area contributed by atoms with Crippen LogP contribution in [-0.2, 0) is 0 Å². The van der Waals surface area contributed by atoms with Gasteiger partial charge in [-0.3, -0.25) is 4.79 Å². The smallest absolute Gasteiger partial charge is 0.252 e. The van der Waals surface area contributed by atoms with E-state index in [2.05, 4.69) is 12.1 Å². The predicted octanol–water partition coefficient (Wildman–Crippen LogP) is 2.16. The molecule has 0 amide bonds. The summed E-state index contributed by atoms with van der Waals surface area (Å²) >= 11 is 0. The van der Waals surface area contributed by atoms with Crippen molar-refractivity contribution in [1.82, 2.24) is 0 Å². The first kappa shape index (κ1) is 12.7. The zero-order valence-electron chi connectivity index (χ0n) is 12.7.